The molecule has 1 aliphatic rings. The lowest BCUT2D eigenvalue weighted by atomic mass is 10.1. The highest BCUT2D eigenvalue weighted by atomic mass is 16.2. The average Bonchev–Trinajstić information content (AvgIpc) is 3.09. The zero-order valence-corrected chi connectivity index (χ0v) is 17.8. The van der Waals surface area contributed by atoms with Crippen LogP contribution in [0, 0.1) is 25.7 Å². The minimum absolute atomic E-state index is 0.340. The first-order chi connectivity index (χ1) is 14.4. The van der Waals surface area contributed by atoms with Gasteiger partial charge in [-0.15, -0.1) is 5.92 Å². The lowest BCUT2D eigenvalue weighted by Crippen LogP contribution is -2.44. The number of rotatable bonds is 3. The van der Waals surface area contributed by atoms with Crippen LogP contribution < -0.4 is 21.5 Å². The molecule has 156 valence electrons. The van der Waals surface area contributed by atoms with E-state index >= 15 is 0 Å². The van der Waals surface area contributed by atoms with E-state index in [0.717, 1.165) is 41.9 Å². The Labute approximate surface area is 174 Å². The van der Waals surface area contributed by atoms with Gasteiger partial charge in [0.15, 0.2) is 11.2 Å². The van der Waals surface area contributed by atoms with Crippen LogP contribution in [0.25, 0.3) is 16.9 Å². The van der Waals surface area contributed by atoms with E-state index in [0.29, 0.717) is 29.3 Å². The van der Waals surface area contributed by atoms with E-state index < -0.39 is 5.69 Å². The number of aryl methyl sites for hydroxylation is 2. The van der Waals surface area contributed by atoms with Crippen LogP contribution in [0.4, 0.5) is 5.95 Å². The van der Waals surface area contributed by atoms with E-state index in [9.17, 15) is 9.59 Å². The first-order valence-corrected chi connectivity index (χ1v) is 10.1. The van der Waals surface area contributed by atoms with Crippen LogP contribution in [0.15, 0.2) is 27.8 Å². The Kier molecular flexibility index (Phi) is 5.22. The van der Waals surface area contributed by atoms with Crippen LogP contribution in [-0.2, 0) is 13.6 Å². The minimum atomic E-state index is -0.407. The number of fused-ring (bicyclic) bond motifs is 1. The molecule has 1 aliphatic heterocycles. The third-order valence-electron chi connectivity index (χ3n) is 5.40. The molecule has 0 saturated carbocycles. The maximum atomic E-state index is 13.2. The fraction of sp³-hybridized carbons (Fsp3) is 0.409. The summed E-state index contributed by atoms with van der Waals surface area (Å²) >= 11 is 0. The number of aromatic nitrogens is 4. The molecule has 1 saturated heterocycles. The van der Waals surface area contributed by atoms with Gasteiger partial charge in [0.2, 0.25) is 5.95 Å². The molecule has 1 fully saturated rings. The highest BCUT2D eigenvalue weighted by molar-refractivity contribution is 5.77. The summed E-state index contributed by atoms with van der Waals surface area (Å²) in [4.78, 5) is 33.3. The van der Waals surface area contributed by atoms with Crippen molar-refractivity contribution in [2.75, 3.05) is 31.1 Å². The van der Waals surface area contributed by atoms with Crippen molar-refractivity contribution in [2.24, 2.45) is 7.05 Å². The summed E-state index contributed by atoms with van der Waals surface area (Å²) in [5.74, 6) is 6.63. The Morgan fingerprint density at radius 2 is 1.77 bits per heavy atom. The molecular weight excluding hydrogens is 380 g/mol. The summed E-state index contributed by atoms with van der Waals surface area (Å²) in [5, 5.41) is 3.33. The molecule has 1 N–H and O–H groups in total. The molecule has 0 radical (unpaired) electrons. The maximum Gasteiger partial charge on any atom is 0.337 e. The predicted molar refractivity (Wildman–Crippen MR) is 119 cm³/mol. The molecule has 0 bridgehead atoms. The quantitative estimate of drug-likeness (QED) is 0.655. The Balaban J connectivity index is 2.10. The molecule has 4 rings (SSSR count). The highest BCUT2D eigenvalue weighted by Crippen LogP contribution is 2.23. The fourth-order valence-electron chi connectivity index (χ4n) is 4.01. The van der Waals surface area contributed by atoms with Crippen molar-refractivity contribution in [1.82, 2.24) is 24.0 Å². The van der Waals surface area contributed by atoms with Crippen LogP contribution in [-0.4, -0.2) is 44.9 Å². The van der Waals surface area contributed by atoms with Crippen molar-refractivity contribution in [1.29, 1.82) is 0 Å². The molecule has 30 heavy (non-hydrogen) atoms. The standard InChI is InChI=1S/C22H26N6O2/c1-5-6-9-27-18-19(24-21(27)26-10-7-23-8-11-26)28(22(30)25(4)20(18)29)17-13-15(2)12-16(3)14-17/h12-14,23H,7-11H2,1-4H3. The van der Waals surface area contributed by atoms with Gasteiger partial charge >= 0.3 is 5.69 Å². The van der Waals surface area contributed by atoms with Gasteiger partial charge in [-0.05, 0) is 44.0 Å². The number of hydrogen-bond donors (Lipinski definition) is 1. The van der Waals surface area contributed by atoms with Crippen molar-refractivity contribution < 1.29 is 0 Å². The molecular formula is C22H26N6O2. The summed E-state index contributed by atoms with van der Waals surface area (Å²) in [6, 6.07) is 5.93. The Bertz CT molecular complexity index is 1280. The van der Waals surface area contributed by atoms with Gasteiger partial charge in [0.25, 0.3) is 5.56 Å². The Morgan fingerprint density at radius 3 is 2.40 bits per heavy atom. The van der Waals surface area contributed by atoms with Crippen molar-refractivity contribution in [3.05, 3.63) is 50.2 Å². The number of benzene rings is 1. The van der Waals surface area contributed by atoms with E-state index in [2.05, 4.69) is 28.1 Å². The average molecular weight is 406 g/mol. The van der Waals surface area contributed by atoms with Gasteiger partial charge in [-0.2, -0.15) is 4.98 Å². The highest BCUT2D eigenvalue weighted by Gasteiger charge is 2.24. The van der Waals surface area contributed by atoms with E-state index in [4.69, 9.17) is 4.98 Å². The van der Waals surface area contributed by atoms with Crippen LogP contribution in [0.1, 0.15) is 18.1 Å². The maximum absolute atomic E-state index is 13.2. The van der Waals surface area contributed by atoms with Crippen LogP contribution in [0.3, 0.4) is 0 Å². The zero-order valence-electron chi connectivity index (χ0n) is 17.8. The van der Waals surface area contributed by atoms with Gasteiger partial charge in [-0.25, -0.2) is 9.36 Å². The van der Waals surface area contributed by atoms with Crippen molar-refractivity contribution in [3.63, 3.8) is 0 Å². The summed E-state index contributed by atoms with van der Waals surface area (Å²) in [7, 11) is 1.51. The van der Waals surface area contributed by atoms with Crippen LogP contribution >= 0.6 is 0 Å². The molecule has 0 aliphatic carbocycles. The molecule has 0 atom stereocenters. The van der Waals surface area contributed by atoms with Crippen LogP contribution in [0.2, 0.25) is 0 Å². The molecule has 2 aromatic heterocycles. The molecule has 3 aromatic rings. The molecule has 0 unspecified atom stereocenters. The van der Waals surface area contributed by atoms with Gasteiger partial charge in [0.05, 0.1) is 12.2 Å². The van der Waals surface area contributed by atoms with Crippen molar-refractivity contribution in [3.8, 4) is 17.5 Å². The fourth-order valence-corrected chi connectivity index (χ4v) is 4.01. The first-order valence-electron chi connectivity index (χ1n) is 10.1. The topological polar surface area (TPSA) is 77.1 Å². The summed E-state index contributed by atoms with van der Waals surface area (Å²) in [6.45, 7) is 9.31. The minimum Gasteiger partial charge on any atom is -0.340 e. The van der Waals surface area contributed by atoms with Crippen LogP contribution in [0.5, 0.6) is 0 Å². The largest absolute Gasteiger partial charge is 0.340 e. The Hall–Kier alpha value is -3.31. The summed E-state index contributed by atoms with van der Waals surface area (Å²) < 4.78 is 4.54. The molecule has 3 heterocycles. The first kappa shape index (κ1) is 20.0. The van der Waals surface area contributed by atoms with E-state index in [1.54, 1.807) is 6.92 Å². The van der Waals surface area contributed by atoms with E-state index in [1.165, 1.54) is 11.6 Å². The lowest BCUT2D eigenvalue weighted by molar-refractivity contribution is 0.573. The number of imidazole rings is 1. The van der Waals surface area contributed by atoms with Gasteiger partial charge < -0.3 is 10.2 Å². The number of nitrogens with one attached hydrogen (secondary N) is 1. The smallest absolute Gasteiger partial charge is 0.337 e. The predicted octanol–water partition coefficient (Wildman–Crippen LogP) is 0.936. The molecule has 0 spiro atoms. The van der Waals surface area contributed by atoms with Gasteiger partial charge in [0.1, 0.15) is 0 Å². The number of piperazine rings is 1. The molecule has 8 heteroatoms. The lowest BCUT2D eigenvalue weighted by Gasteiger charge is -2.28. The second-order valence-corrected chi connectivity index (χ2v) is 7.66. The third kappa shape index (κ3) is 3.31. The third-order valence-corrected chi connectivity index (χ3v) is 5.40. The normalized spacial score (nSPS) is 14.1. The second kappa shape index (κ2) is 7.84. The summed E-state index contributed by atoms with van der Waals surface area (Å²) in [5.41, 5.74) is 2.79. The molecule has 1 aromatic carbocycles. The molecule has 0 amide bonds. The van der Waals surface area contributed by atoms with E-state index in [1.807, 2.05) is 30.5 Å². The number of hydrogen-bond acceptors (Lipinski definition) is 5. The zero-order chi connectivity index (χ0) is 21.4. The molecule has 8 nitrogen and oxygen atoms in total. The summed E-state index contributed by atoms with van der Waals surface area (Å²) in [6.07, 6.45) is 0. The van der Waals surface area contributed by atoms with Gasteiger partial charge in [-0.1, -0.05) is 12.0 Å². The Morgan fingerprint density at radius 1 is 1.10 bits per heavy atom. The van der Waals surface area contributed by atoms with Crippen molar-refractivity contribution >= 4 is 17.1 Å². The van der Waals surface area contributed by atoms with Gasteiger partial charge in [-0.3, -0.25) is 13.9 Å². The van der Waals surface area contributed by atoms with E-state index in [-0.39, 0.29) is 5.56 Å². The van der Waals surface area contributed by atoms with Gasteiger partial charge in [0, 0.05) is 33.2 Å². The number of nitrogens with zero attached hydrogens (tertiary/aromatic N) is 5. The second-order valence-electron chi connectivity index (χ2n) is 7.66. The number of anilines is 1. The van der Waals surface area contributed by atoms with Crippen molar-refractivity contribution in [2.45, 2.75) is 27.3 Å². The monoisotopic (exact) mass is 406 g/mol. The SMILES string of the molecule is CC#CCn1c(N2CCNCC2)nc2c1c(=O)n(C)c(=O)n2-c1cc(C)cc(C)c1.